The van der Waals surface area contributed by atoms with E-state index in [0.29, 0.717) is 10.7 Å². The lowest BCUT2D eigenvalue weighted by Crippen LogP contribution is -1.99. The molecule has 7 heteroatoms. The third-order valence-electron chi connectivity index (χ3n) is 1.42. The predicted octanol–water partition coefficient (Wildman–Crippen LogP) is 0.694. The van der Waals surface area contributed by atoms with Gasteiger partial charge < -0.3 is 5.11 Å². The fraction of sp³-hybridized carbons (Fsp3) is 0.429. The number of aromatic carboxylic acids is 1. The summed E-state index contributed by atoms with van der Waals surface area (Å²) in [5.41, 5.74) is 0.362. The smallest absolute Gasteiger partial charge is 0.347 e. The molecule has 0 aliphatic rings. The van der Waals surface area contributed by atoms with E-state index in [1.165, 1.54) is 0 Å². The highest BCUT2D eigenvalue weighted by molar-refractivity contribution is 7.90. The average molecular weight is 235 g/mol. The first-order valence-electron chi connectivity index (χ1n) is 3.67. The Morgan fingerprint density at radius 1 is 1.57 bits per heavy atom. The number of sulfone groups is 1. The van der Waals surface area contributed by atoms with Crippen LogP contribution in [-0.2, 0) is 15.6 Å². The Morgan fingerprint density at radius 3 is 2.50 bits per heavy atom. The van der Waals surface area contributed by atoms with E-state index >= 15 is 0 Å². The van der Waals surface area contributed by atoms with Gasteiger partial charge in [0.1, 0.15) is 15.6 Å². The van der Waals surface area contributed by atoms with Crippen molar-refractivity contribution < 1.29 is 18.3 Å². The van der Waals surface area contributed by atoms with Gasteiger partial charge in [0, 0.05) is 6.26 Å². The second-order valence-corrected chi connectivity index (χ2v) is 6.12. The van der Waals surface area contributed by atoms with Gasteiger partial charge in [0.15, 0.2) is 9.84 Å². The van der Waals surface area contributed by atoms with Crippen molar-refractivity contribution >= 4 is 27.1 Å². The Labute approximate surface area is 85.3 Å². The predicted molar refractivity (Wildman–Crippen MR) is 52.4 cm³/mol. The molecule has 0 unspecified atom stereocenters. The molecule has 0 saturated heterocycles. The molecular formula is C7H9NO4S2. The van der Waals surface area contributed by atoms with Crippen LogP contribution >= 0.6 is 11.3 Å². The number of hydrogen-bond acceptors (Lipinski definition) is 5. The molecule has 78 valence electrons. The van der Waals surface area contributed by atoms with Gasteiger partial charge in [0.2, 0.25) is 0 Å². The first-order valence-corrected chi connectivity index (χ1v) is 6.54. The van der Waals surface area contributed by atoms with Gasteiger partial charge in [-0.1, -0.05) is 0 Å². The minimum Gasteiger partial charge on any atom is -0.477 e. The summed E-state index contributed by atoms with van der Waals surface area (Å²) in [7, 11) is -3.15. The normalized spacial score (nSPS) is 11.6. The third kappa shape index (κ3) is 2.78. The lowest BCUT2D eigenvalue weighted by atomic mass is 10.4. The summed E-state index contributed by atoms with van der Waals surface area (Å²) in [5.74, 6) is -1.27. The summed E-state index contributed by atoms with van der Waals surface area (Å²) in [5, 5.41) is 9.02. The van der Waals surface area contributed by atoms with Crippen molar-refractivity contribution in [3.63, 3.8) is 0 Å². The van der Waals surface area contributed by atoms with Crippen molar-refractivity contribution in [1.29, 1.82) is 0 Å². The van der Waals surface area contributed by atoms with Gasteiger partial charge in [-0.2, -0.15) is 0 Å². The summed E-state index contributed by atoms with van der Waals surface area (Å²) in [6, 6.07) is 0. The van der Waals surface area contributed by atoms with Crippen molar-refractivity contribution in [3.8, 4) is 0 Å². The van der Waals surface area contributed by atoms with Crippen LogP contribution in [0.1, 0.15) is 20.4 Å². The van der Waals surface area contributed by atoms with E-state index in [2.05, 4.69) is 4.98 Å². The van der Waals surface area contributed by atoms with E-state index < -0.39 is 15.8 Å². The van der Waals surface area contributed by atoms with Crippen molar-refractivity contribution in [2.45, 2.75) is 12.7 Å². The second-order valence-electron chi connectivity index (χ2n) is 2.90. The van der Waals surface area contributed by atoms with Gasteiger partial charge in [-0.15, -0.1) is 11.3 Å². The minimum absolute atomic E-state index is 0.101. The summed E-state index contributed by atoms with van der Waals surface area (Å²) >= 11 is 0.905. The Bertz CT molecular complexity index is 460. The van der Waals surface area contributed by atoms with Crippen LogP contribution in [-0.4, -0.2) is 30.7 Å². The molecular weight excluding hydrogens is 226 g/mol. The molecule has 0 atom stereocenters. The van der Waals surface area contributed by atoms with Crippen LogP contribution in [0.4, 0.5) is 0 Å². The van der Waals surface area contributed by atoms with Crippen LogP contribution in [0.2, 0.25) is 0 Å². The van der Waals surface area contributed by atoms with E-state index in [0.717, 1.165) is 17.6 Å². The number of hydrogen-bond donors (Lipinski definition) is 1. The number of aromatic nitrogens is 1. The SMILES string of the molecule is Cc1nc(CS(C)(=O)=O)sc1C(=O)O. The largest absolute Gasteiger partial charge is 0.477 e. The van der Waals surface area contributed by atoms with Gasteiger partial charge in [-0.3, -0.25) is 0 Å². The van der Waals surface area contributed by atoms with Crippen LogP contribution in [0.15, 0.2) is 0 Å². The Hall–Kier alpha value is -0.950. The quantitative estimate of drug-likeness (QED) is 0.833. The molecule has 1 aromatic heterocycles. The zero-order chi connectivity index (χ0) is 10.9. The topological polar surface area (TPSA) is 84.3 Å². The summed E-state index contributed by atoms with van der Waals surface area (Å²) in [4.78, 5) is 14.6. The molecule has 0 amide bonds. The zero-order valence-corrected chi connectivity index (χ0v) is 9.28. The number of carboxylic acids is 1. The maximum absolute atomic E-state index is 10.9. The molecule has 0 aromatic carbocycles. The monoisotopic (exact) mass is 235 g/mol. The molecule has 1 rings (SSSR count). The van der Waals surface area contributed by atoms with Crippen LogP contribution in [0.5, 0.6) is 0 Å². The highest BCUT2D eigenvalue weighted by Gasteiger charge is 2.16. The average Bonchev–Trinajstić information content (AvgIpc) is 2.26. The number of thiazole rings is 1. The van der Waals surface area contributed by atoms with Crippen molar-refractivity contribution in [3.05, 3.63) is 15.6 Å². The fourth-order valence-corrected chi connectivity index (χ4v) is 3.03. The molecule has 14 heavy (non-hydrogen) atoms. The molecule has 0 bridgehead atoms. The molecule has 1 N–H and O–H groups in total. The Balaban J connectivity index is 3.04. The molecule has 0 aliphatic carbocycles. The van der Waals surface area contributed by atoms with E-state index in [1.807, 2.05) is 0 Å². The molecule has 0 spiro atoms. The number of carbonyl (C=O) groups is 1. The van der Waals surface area contributed by atoms with E-state index in [9.17, 15) is 13.2 Å². The summed E-state index contributed by atoms with van der Waals surface area (Å²) in [6.45, 7) is 1.55. The van der Waals surface area contributed by atoms with Crippen LogP contribution < -0.4 is 0 Å². The second kappa shape index (κ2) is 3.66. The van der Waals surface area contributed by atoms with Gasteiger partial charge in [0.05, 0.1) is 5.69 Å². The molecule has 1 heterocycles. The minimum atomic E-state index is -3.15. The molecule has 0 saturated carbocycles. The molecule has 0 radical (unpaired) electrons. The number of nitrogens with zero attached hydrogens (tertiary/aromatic N) is 1. The lowest BCUT2D eigenvalue weighted by Gasteiger charge is -1.90. The molecule has 1 aromatic rings. The number of carboxylic acid groups (broad SMARTS) is 1. The van der Waals surface area contributed by atoms with Crippen LogP contribution in [0.25, 0.3) is 0 Å². The van der Waals surface area contributed by atoms with Gasteiger partial charge >= 0.3 is 5.97 Å². The van der Waals surface area contributed by atoms with E-state index in [1.54, 1.807) is 6.92 Å². The maximum atomic E-state index is 10.9. The molecule has 5 nitrogen and oxygen atoms in total. The van der Waals surface area contributed by atoms with Gasteiger partial charge in [-0.25, -0.2) is 18.2 Å². The van der Waals surface area contributed by atoms with Gasteiger partial charge in [0.25, 0.3) is 0 Å². The van der Waals surface area contributed by atoms with E-state index in [4.69, 9.17) is 5.11 Å². The van der Waals surface area contributed by atoms with Crippen molar-refractivity contribution in [2.75, 3.05) is 6.26 Å². The Morgan fingerprint density at radius 2 is 2.14 bits per heavy atom. The highest BCUT2D eigenvalue weighted by atomic mass is 32.2. The Kier molecular flexibility index (Phi) is 2.91. The lowest BCUT2D eigenvalue weighted by molar-refractivity contribution is 0.0701. The fourth-order valence-electron chi connectivity index (χ4n) is 0.937. The van der Waals surface area contributed by atoms with E-state index in [-0.39, 0.29) is 10.6 Å². The van der Waals surface area contributed by atoms with Crippen LogP contribution in [0, 0.1) is 6.92 Å². The zero-order valence-electron chi connectivity index (χ0n) is 7.64. The summed E-state index contributed by atoms with van der Waals surface area (Å²) < 4.78 is 21.8. The highest BCUT2D eigenvalue weighted by Crippen LogP contribution is 2.19. The first-order chi connectivity index (χ1) is 6.29. The van der Waals surface area contributed by atoms with Crippen LogP contribution in [0.3, 0.4) is 0 Å². The molecule has 0 aliphatic heterocycles. The summed E-state index contributed by atoms with van der Waals surface area (Å²) in [6.07, 6.45) is 1.09. The maximum Gasteiger partial charge on any atom is 0.347 e. The first kappa shape index (κ1) is 11.1. The number of aryl methyl sites for hydroxylation is 1. The van der Waals surface area contributed by atoms with Crippen molar-refractivity contribution in [1.82, 2.24) is 4.98 Å². The standard InChI is InChI=1S/C7H9NO4S2/c1-4-6(7(9)10)13-5(8-4)3-14(2,11)12/h3H2,1-2H3,(H,9,10). The third-order valence-corrected chi connectivity index (χ3v) is 3.55. The number of rotatable bonds is 3. The van der Waals surface area contributed by atoms with Gasteiger partial charge in [-0.05, 0) is 6.92 Å². The molecule has 0 fully saturated rings. The van der Waals surface area contributed by atoms with Crippen molar-refractivity contribution in [2.24, 2.45) is 0 Å².